The van der Waals surface area contributed by atoms with E-state index in [4.69, 9.17) is 8.83 Å². The van der Waals surface area contributed by atoms with Crippen LogP contribution in [-0.4, -0.2) is 9.97 Å². The Hall–Kier alpha value is -2.69. The summed E-state index contributed by atoms with van der Waals surface area (Å²) in [6.45, 7) is 0. The monoisotopic (exact) mass is 240 g/mol. The maximum atomic E-state index is 11.5. The summed E-state index contributed by atoms with van der Waals surface area (Å²) >= 11 is 0. The van der Waals surface area contributed by atoms with Crippen LogP contribution in [-0.2, 0) is 0 Å². The number of hydrogen-bond acceptors (Lipinski definition) is 5. The number of furan rings is 1. The molecule has 88 valence electrons. The summed E-state index contributed by atoms with van der Waals surface area (Å²) in [6, 6.07) is 8.26. The number of hydrogen-bond donors (Lipinski definition) is 0. The van der Waals surface area contributed by atoms with Gasteiger partial charge in [-0.3, -0.25) is 4.98 Å². The Morgan fingerprint density at radius 1 is 1.11 bits per heavy atom. The van der Waals surface area contributed by atoms with Crippen molar-refractivity contribution < 1.29 is 8.83 Å². The number of aromatic nitrogens is 2. The third kappa shape index (κ3) is 1.93. The van der Waals surface area contributed by atoms with Gasteiger partial charge in [0.25, 0.3) is 5.89 Å². The highest BCUT2D eigenvalue weighted by molar-refractivity contribution is 5.59. The zero-order valence-corrected chi connectivity index (χ0v) is 9.24. The van der Waals surface area contributed by atoms with Gasteiger partial charge in [-0.15, -0.1) is 0 Å². The van der Waals surface area contributed by atoms with E-state index >= 15 is 0 Å². The standard InChI is InChI=1S/C13H8N2O3/c16-12-8-10(9-3-5-14-6-4-9)15-13(18-12)11-2-1-7-17-11/h1-8H. The number of pyridine rings is 1. The van der Waals surface area contributed by atoms with E-state index in [1.165, 1.54) is 12.3 Å². The Morgan fingerprint density at radius 3 is 2.67 bits per heavy atom. The minimum Gasteiger partial charge on any atom is -0.459 e. The first-order valence-corrected chi connectivity index (χ1v) is 5.29. The van der Waals surface area contributed by atoms with Crippen LogP contribution in [0.5, 0.6) is 0 Å². The minimum absolute atomic E-state index is 0.166. The Bertz CT molecular complexity index is 703. The van der Waals surface area contributed by atoms with Crippen molar-refractivity contribution in [1.82, 2.24) is 9.97 Å². The summed E-state index contributed by atoms with van der Waals surface area (Å²) in [7, 11) is 0. The van der Waals surface area contributed by atoms with Crippen LogP contribution in [0.1, 0.15) is 0 Å². The molecule has 0 radical (unpaired) electrons. The van der Waals surface area contributed by atoms with Gasteiger partial charge in [-0.1, -0.05) is 0 Å². The fourth-order valence-electron chi connectivity index (χ4n) is 1.58. The van der Waals surface area contributed by atoms with Crippen LogP contribution in [0.2, 0.25) is 0 Å². The van der Waals surface area contributed by atoms with Gasteiger partial charge in [-0.05, 0) is 24.3 Å². The van der Waals surface area contributed by atoms with E-state index in [1.54, 1.807) is 36.7 Å². The lowest BCUT2D eigenvalue weighted by molar-refractivity contribution is 0.475. The largest absolute Gasteiger partial charge is 0.459 e. The molecule has 0 bridgehead atoms. The Balaban J connectivity index is 2.15. The van der Waals surface area contributed by atoms with Gasteiger partial charge in [0.1, 0.15) is 0 Å². The van der Waals surface area contributed by atoms with Gasteiger partial charge >= 0.3 is 5.63 Å². The Kier molecular flexibility index (Phi) is 2.49. The van der Waals surface area contributed by atoms with E-state index in [-0.39, 0.29) is 5.89 Å². The third-order valence-electron chi connectivity index (χ3n) is 2.38. The molecule has 0 aliphatic heterocycles. The Morgan fingerprint density at radius 2 is 1.94 bits per heavy atom. The minimum atomic E-state index is -0.469. The molecule has 5 heteroatoms. The van der Waals surface area contributed by atoms with Crippen molar-refractivity contribution in [3.63, 3.8) is 0 Å². The fraction of sp³-hybridized carbons (Fsp3) is 0. The van der Waals surface area contributed by atoms with E-state index in [0.717, 1.165) is 5.56 Å². The van der Waals surface area contributed by atoms with E-state index < -0.39 is 5.63 Å². The van der Waals surface area contributed by atoms with E-state index in [0.29, 0.717) is 11.5 Å². The van der Waals surface area contributed by atoms with Crippen LogP contribution in [0.3, 0.4) is 0 Å². The van der Waals surface area contributed by atoms with Crippen LogP contribution < -0.4 is 5.63 Å². The van der Waals surface area contributed by atoms with Crippen molar-refractivity contribution in [2.45, 2.75) is 0 Å². The van der Waals surface area contributed by atoms with Crippen molar-refractivity contribution in [2.75, 3.05) is 0 Å². The first kappa shape index (κ1) is 10.5. The molecule has 18 heavy (non-hydrogen) atoms. The number of rotatable bonds is 2. The first-order chi connectivity index (χ1) is 8.83. The second-order valence-electron chi connectivity index (χ2n) is 3.58. The highest BCUT2D eigenvalue weighted by Gasteiger charge is 2.09. The number of nitrogens with zero attached hydrogens (tertiary/aromatic N) is 2. The van der Waals surface area contributed by atoms with Crippen molar-refractivity contribution in [2.24, 2.45) is 0 Å². The molecule has 0 aliphatic carbocycles. The van der Waals surface area contributed by atoms with Crippen LogP contribution >= 0.6 is 0 Å². The smallest absolute Gasteiger partial charge is 0.339 e. The van der Waals surface area contributed by atoms with Gasteiger partial charge in [-0.2, -0.15) is 0 Å². The van der Waals surface area contributed by atoms with Gasteiger partial charge in [0.15, 0.2) is 5.76 Å². The van der Waals surface area contributed by atoms with Gasteiger partial charge in [0, 0.05) is 18.0 Å². The first-order valence-electron chi connectivity index (χ1n) is 5.29. The molecule has 0 aromatic carbocycles. The quantitative estimate of drug-likeness (QED) is 0.687. The molecule has 0 saturated heterocycles. The predicted molar refractivity (Wildman–Crippen MR) is 63.7 cm³/mol. The van der Waals surface area contributed by atoms with Gasteiger partial charge in [0.2, 0.25) is 0 Å². The van der Waals surface area contributed by atoms with Crippen LogP contribution in [0.4, 0.5) is 0 Å². The van der Waals surface area contributed by atoms with E-state index in [9.17, 15) is 4.79 Å². The highest BCUT2D eigenvalue weighted by Crippen LogP contribution is 2.20. The maximum Gasteiger partial charge on any atom is 0.339 e. The normalized spacial score (nSPS) is 10.4. The second kappa shape index (κ2) is 4.29. The van der Waals surface area contributed by atoms with Crippen molar-refractivity contribution in [1.29, 1.82) is 0 Å². The lowest BCUT2D eigenvalue weighted by Crippen LogP contribution is -2.01. The summed E-state index contributed by atoms with van der Waals surface area (Å²) in [5, 5.41) is 0. The molecule has 0 amide bonds. The summed E-state index contributed by atoms with van der Waals surface area (Å²) in [6.07, 6.45) is 4.77. The van der Waals surface area contributed by atoms with Crippen LogP contribution in [0, 0.1) is 0 Å². The van der Waals surface area contributed by atoms with Gasteiger partial charge in [0.05, 0.1) is 18.0 Å². The van der Waals surface area contributed by atoms with Crippen molar-refractivity contribution in [3.8, 4) is 22.9 Å². The van der Waals surface area contributed by atoms with Crippen LogP contribution in [0.15, 0.2) is 62.6 Å². The topological polar surface area (TPSA) is 69.1 Å². The summed E-state index contributed by atoms with van der Waals surface area (Å²) in [5.74, 6) is 0.585. The SMILES string of the molecule is O=c1cc(-c2ccncc2)nc(-c2ccco2)o1. The summed E-state index contributed by atoms with van der Waals surface area (Å²) < 4.78 is 10.2. The van der Waals surface area contributed by atoms with E-state index in [1.807, 2.05) is 0 Å². The zero-order valence-electron chi connectivity index (χ0n) is 9.24. The molecular weight excluding hydrogens is 232 g/mol. The fourth-order valence-corrected chi connectivity index (χ4v) is 1.58. The molecule has 0 saturated carbocycles. The third-order valence-corrected chi connectivity index (χ3v) is 2.38. The average molecular weight is 240 g/mol. The maximum absolute atomic E-state index is 11.5. The molecular formula is C13H8N2O3. The molecule has 0 fully saturated rings. The molecule has 3 rings (SSSR count). The summed E-state index contributed by atoms with van der Waals surface area (Å²) in [4.78, 5) is 19.7. The van der Waals surface area contributed by atoms with Gasteiger partial charge in [-0.25, -0.2) is 9.78 Å². The predicted octanol–water partition coefficient (Wildman–Crippen LogP) is 2.36. The van der Waals surface area contributed by atoms with Crippen LogP contribution in [0.25, 0.3) is 22.9 Å². The lowest BCUT2D eigenvalue weighted by Gasteiger charge is -2.00. The van der Waals surface area contributed by atoms with Crippen molar-refractivity contribution in [3.05, 3.63) is 59.4 Å². The zero-order chi connectivity index (χ0) is 12.4. The summed E-state index contributed by atoms with van der Waals surface area (Å²) in [5.41, 5.74) is 0.856. The molecule has 5 nitrogen and oxygen atoms in total. The highest BCUT2D eigenvalue weighted by atomic mass is 16.4. The molecule has 3 aromatic rings. The molecule has 3 aromatic heterocycles. The molecule has 0 spiro atoms. The average Bonchev–Trinajstić information content (AvgIpc) is 2.93. The molecule has 0 N–H and O–H groups in total. The van der Waals surface area contributed by atoms with Gasteiger partial charge < -0.3 is 8.83 Å². The molecule has 0 atom stereocenters. The van der Waals surface area contributed by atoms with E-state index in [2.05, 4.69) is 9.97 Å². The lowest BCUT2D eigenvalue weighted by atomic mass is 10.2. The molecule has 3 heterocycles. The molecule has 0 aliphatic rings. The molecule has 0 unspecified atom stereocenters. The Labute approximate surface area is 102 Å². The second-order valence-corrected chi connectivity index (χ2v) is 3.58. The van der Waals surface area contributed by atoms with Crippen molar-refractivity contribution >= 4 is 0 Å².